The zero-order chi connectivity index (χ0) is 18.8. The quantitative estimate of drug-likeness (QED) is 0.555. The Morgan fingerprint density at radius 3 is 2.57 bits per heavy atom. The van der Waals surface area contributed by atoms with Gasteiger partial charge in [0, 0.05) is 34.3 Å². The van der Waals surface area contributed by atoms with Crippen molar-refractivity contribution < 1.29 is 9.50 Å². The topological polar surface area (TPSA) is 45.1 Å². The molecule has 6 heteroatoms. The summed E-state index contributed by atoms with van der Waals surface area (Å²) in [4.78, 5) is 4.75. The fraction of sp³-hybridized carbons (Fsp3) is 0.227. The Labute approximate surface area is 175 Å². The van der Waals surface area contributed by atoms with Gasteiger partial charge in [-0.25, -0.2) is 4.39 Å². The molecule has 0 amide bonds. The molecule has 0 bridgehead atoms. The fourth-order valence-corrected chi connectivity index (χ4v) is 3.77. The minimum absolute atomic E-state index is 0. The molecule has 1 heterocycles. The van der Waals surface area contributed by atoms with Crippen LogP contribution >= 0.6 is 24.0 Å². The van der Waals surface area contributed by atoms with Crippen molar-refractivity contribution in [3.63, 3.8) is 0 Å². The van der Waals surface area contributed by atoms with Crippen molar-refractivity contribution >= 4 is 35.4 Å². The molecule has 3 aromatic rings. The van der Waals surface area contributed by atoms with Gasteiger partial charge in [-0.15, -0.1) is 12.4 Å². The zero-order valence-electron chi connectivity index (χ0n) is 15.2. The molecule has 1 aliphatic carbocycles. The highest BCUT2D eigenvalue weighted by molar-refractivity contribution is 6.30. The Kier molecular flexibility index (Phi) is 6.55. The van der Waals surface area contributed by atoms with Crippen LogP contribution < -0.4 is 5.32 Å². The summed E-state index contributed by atoms with van der Waals surface area (Å²) in [5.41, 5.74) is 6.75. The van der Waals surface area contributed by atoms with E-state index in [9.17, 15) is 4.39 Å². The molecule has 0 aliphatic heterocycles. The molecule has 0 saturated carbocycles. The molecule has 1 aliphatic rings. The summed E-state index contributed by atoms with van der Waals surface area (Å²) in [5.74, 6) is -0.367. The van der Waals surface area contributed by atoms with Gasteiger partial charge in [0.2, 0.25) is 0 Å². The van der Waals surface area contributed by atoms with Crippen LogP contribution in [-0.4, -0.2) is 16.7 Å². The summed E-state index contributed by atoms with van der Waals surface area (Å²) < 4.78 is 13.8. The van der Waals surface area contributed by atoms with Gasteiger partial charge in [-0.2, -0.15) is 0 Å². The van der Waals surface area contributed by atoms with Crippen molar-refractivity contribution in [1.29, 1.82) is 0 Å². The van der Waals surface area contributed by atoms with Crippen LogP contribution in [0, 0.1) is 5.82 Å². The summed E-state index contributed by atoms with van der Waals surface area (Å²) in [7, 11) is 0. The summed E-state index contributed by atoms with van der Waals surface area (Å²) in [6.07, 6.45) is 3.63. The van der Waals surface area contributed by atoms with Crippen molar-refractivity contribution in [2.24, 2.45) is 0 Å². The summed E-state index contributed by atoms with van der Waals surface area (Å²) in [6, 6.07) is 14.5. The number of aliphatic hydroxyl groups excluding tert-OH is 1. The second kappa shape index (κ2) is 8.91. The van der Waals surface area contributed by atoms with E-state index in [2.05, 4.69) is 5.32 Å². The molecule has 2 aromatic carbocycles. The number of aryl methyl sites for hydroxylation is 1. The van der Waals surface area contributed by atoms with Crippen LogP contribution in [-0.2, 0) is 19.3 Å². The standard InChI is InChI=1S/C22H20ClFN2O.ClH/c23-16-10-15(11-17(24)12-16)21-13-22(19-2-1-3-20(19)26-21)25-18-6-4-14(5-7-18)8-9-27;/h4-7,10-13,27H,1-3,8-9H2,(H,25,26);1H. The lowest BCUT2D eigenvalue weighted by Crippen LogP contribution is -2.00. The highest BCUT2D eigenvalue weighted by Gasteiger charge is 2.19. The monoisotopic (exact) mass is 418 g/mol. The number of benzene rings is 2. The van der Waals surface area contributed by atoms with Gasteiger partial charge < -0.3 is 10.4 Å². The minimum Gasteiger partial charge on any atom is -0.396 e. The number of anilines is 2. The maximum atomic E-state index is 13.8. The van der Waals surface area contributed by atoms with E-state index >= 15 is 0 Å². The lowest BCUT2D eigenvalue weighted by atomic mass is 10.1. The van der Waals surface area contributed by atoms with E-state index in [1.54, 1.807) is 6.07 Å². The maximum absolute atomic E-state index is 13.8. The van der Waals surface area contributed by atoms with Gasteiger partial charge in [0.15, 0.2) is 0 Å². The van der Waals surface area contributed by atoms with Crippen molar-refractivity contribution in [3.05, 3.63) is 76.2 Å². The Bertz CT molecular complexity index is 957. The zero-order valence-corrected chi connectivity index (χ0v) is 16.8. The normalized spacial score (nSPS) is 12.4. The highest BCUT2D eigenvalue weighted by Crippen LogP contribution is 2.34. The number of rotatable bonds is 5. The van der Waals surface area contributed by atoms with E-state index in [0.29, 0.717) is 17.0 Å². The number of pyridine rings is 1. The molecule has 146 valence electrons. The van der Waals surface area contributed by atoms with Crippen LogP contribution in [0.5, 0.6) is 0 Å². The Morgan fingerprint density at radius 2 is 1.86 bits per heavy atom. The summed E-state index contributed by atoms with van der Waals surface area (Å²) in [5, 5.41) is 12.9. The van der Waals surface area contributed by atoms with Gasteiger partial charge in [-0.3, -0.25) is 4.98 Å². The number of nitrogens with zero attached hydrogens (tertiary/aromatic N) is 1. The van der Waals surface area contributed by atoms with E-state index in [4.69, 9.17) is 21.7 Å². The van der Waals surface area contributed by atoms with Gasteiger partial charge in [0.1, 0.15) is 5.82 Å². The first-order chi connectivity index (χ1) is 13.1. The van der Waals surface area contributed by atoms with Crippen LogP contribution in [0.4, 0.5) is 15.8 Å². The molecule has 0 unspecified atom stereocenters. The Balaban J connectivity index is 0.00000225. The van der Waals surface area contributed by atoms with E-state index in [1.165, 1.54) is 17.7 Å². The number of fused-ring (bicyclic) bond motifs is 1. The van der Waals surface area contributed by atoms with E-state index in [1.807, 2.05) is 30.3 Å². The molecule has 0 fully saturated rings. The first-order valence-corrected chi connectivity index (χ1v) is 9.46. The average molecular weight is 419 g/mol. The number of hydrogen-bond acceptors (Lipinski definition) is 3. The lowest BCUT2D eigenvalue weighted by molar-refractivity contribution is 0.299. The van der Waals surface area contributed by atoms with E-state index < -0.39 is 0 Å². The number of nitrogens with one attached hydrogen (secondary N) is 1. The van der Waals surface area contributed by atoms with Crippen molar-refractivity contribution in [2.75, 3.05) is 11.9 Å². The maximum Gasteiger partial charge on any atom is 0.125 e. The molecule has 28 heavy (non-hydrogen) atoms. The molecule has 4 rings (SSSR count). The van der Waals surface area contributed by atoms with Gasteiger partial charge in [0.05, 0.1) is 5.69 Å². The number of halogens is 3. The molecular weight excluding hydrogens is 398 g/mol. The summed E-state index contributed by atoms with van der Waals surface area (Å²) in [6.45, 7) is 0.143. The third-order valence-corrected chi connectivity index (χ3v) is 5.06. The number of aliphatic hydroxyl groups is 1. The first kappa shape index (κ1) is 20.6. The van der Waals surface area contributed by atoms with Gasteiger partial charge in [-0.1, -0.05) is 23.7 Å². The van der Waals surface area contributed by atoms with Crippen LogP contribution in [0.2, 0.25) is 5.02 Å². The number of aromatic nitrogens is 1. The SMILES string of the molecule is Cl.OCCc1ccc(Nc2cc(-c3cc(F)cc(Cl)c3)nc3c2CCC3)cc1. The minimum atomic E-state index is -0.367. The molecule has 1 aromatic heterocycles. The van der Waals surface area contributed by atoms with Crippen LogP contribution in [0.1, 0.15) is 23.2 Å². The van der Waals surface area contributed by atoms with Gasteiger partial charge in [0.25, 0.3) is 0 Å². The van der Waals surface area contributed by atoms with E-state index in [-0.39, 0.29) is 24.8 Å². The van der Waals surface area contributed by atoms with Crippen molar-refractivity contribution in [1.82, 2.24) is 4.98 Å². The van der Waals surface area contributed by atoms with Crippen LogP contribution in [0.25, 0.3) is 11.3 Å². The predicted octanol–water partition coefficient (Wildman–Crippen LogP) is 5.73. The van der Waals surface area contributed by atoms with Crippen LogP contribution in [0.15, 0.2) is 48.5 Å². The second-order valence-electron chi connectivity index (χ2n) is 6.79. The van der Waals surface area contributed by atoms with Gasteiger partial charge >= 0.3 is 0 Å². The fourth-order valence-electron chi connectivity index (χ4n) is 3.54. The van der Waals surface area contributed by atoms with Gasteiger partial charge in [-0.05, 0) is 73.2 Å². The Hall–Kier alpha value is -2.14. The first-order valence-electron chi connectivity index (χ1n) is 9.08. The summed E-state index contributed by atoms with van der Waals surface area (Å²) >= 11 is 6.03. The molecule has 0 radical (unpaired) electrons. The lowest BCUT2D eigenvalue weighted by Gasteiger charge is -2.14. The van der Waals surface area contributed by atoms with Crippen LogP contribution in [0.3, 0.4) is 0 Å². The molecule has 0 spiro atoms. The smallest absolute Gasteiger partial charge is 0.125 e. The number of hydrogen-bond donors (Lipinski definition) is 2. The third-order valence-electron chi connectivity index (χ3n) is 4.84. The highest BCUT2D eigenvalue weighted by atomic mass is 35.5. The largest absolute Gasteiger partial charge is 0.396 e. The van der Waals surface area contributed by atoms with E-state index in [0.717, 1.165) is 47.6 Å². The molecular formula is C22H21Cl2FN2O. The third kappa shape index (κ3) is 4.46. The molecule has 2 N–H and O–H groups in total. The Morgan fingerprint density at radius 1 is 1.07 bits per heavy atom. The van der Waals surface area contributed by atoms with Crippen molar-refractivity contribution in [3.8, 4) is 11.3 Å². The second-order valence-corrected chi connectivity index (χ2v) is 7.22. The molecule has 0 atom stereocenters. The predicted molar refractivity (Wildman–Crippen MR) is 114 cm³/mol. The average Bonchev–Trinajstić information content (AvgIpc) is 3.12. The molecule has 3 nitrogen and oxygen atoms in total. The molecule has 0 saturated heterocycles. The van der Waals surface area contributed by atoms with Crippen molar-refractivity contribution in [2.45, 2.75) is 25.7 Å².